The molecular weight excluding hydrogens is 344 g/mol. The second kappa shape index (κ2) is 7.99. The van der Waals surface area contributed by atoms with Gasteiger partial charge in [0, 0.05) is 24.2 Å². The van der Waals surface area contributed by atoms with Gasteiger partial charge in [-0.05, 0) is 24.3 Å². The summed E-state index contributed by atoms with van der Waals surface area (Å²) in [7, 11) is 0. The molecule has 7 heteroatoms. The van der Waals surface area contributed by atoms with E-state index in [1.165, 1.54) is 6.20 Å². The van der Waals surface area contributed by atoms with Crippen LogP contribution in [0.1, 0.15) is 42.9 Å². The standard InChI is InChI=1S/C20H22N4O3/c1-12(2)18(25)24-17-10-14(8-9-21-17)19(26)22-11-13(3)20-23-15-6-4-5-7-16(15)27-20/h4-10,12-13H,11H2,1-3H3,(H,22,26)(H,21,24,25). The molecule has 2 heterocycles. The van der Waals surface area contributed by atoms with E-state index in [1.807, 2.05) is 31.2 Å². The van der Waals surface area contributed by atoms with Gasteiger partial charge in [-0.2, -0.15) is 0 Å². The summed E-state index contributed by atoms with van der Waals surface area (Å²) in [6, 6.07) is 10.7. The topological polar surface area (TPSA) is 97.1 Å². The first-order valence-corrected chi connectivity index (χ1v) is 8.84. The van der Waals surface area contributed by atoms with E-state index in [1.54, 1.807) is 26.0 Å². The Hall–Kier alpha value is -3.22. The molecule has 3 rings (SSSR count). The minimum absolute atomic E-state index is 0.0803. The zero-order valence-corrected chi connectivity index (χ0v) is 15.5. The van der Waals surface area contributed by atoms with E-state index in [4.69, 9.17) is 4.42 Å². The number of pyridine rings is 1. The number of anilines is 1. The van der Waals surface area contributed by atoms with E-state index < -0.39 is 0 Å². The van der Waals surface area contributed by atoms with E-state index in [2.05, 4.69) is 20.6 Å². The lowest BCUT2D eigenvalue weighted by Crippen LogP contribution is -2.28. The van der Waals surface area contributed by atoms with Crippen molar-refractivity contribution in [3.05, 3.63) is 54.0 Å². The van der Waals surface area contributed by atoms with Crippen molar-refractivity contribution in [2.24, 2.45) is 5.92 Å². The molecule has 0 aliphatic carbocycles. The fourth-order valence-corrected chi connectivity index (χ4v) is 2.45. The zero-order chi connectivity index (χ0) is 19.4. The average molecular weight is 366 g/mol. The molecule has 0 aliphatic heterocycles. The van der Waals surface area contributed by atoms with E-state index in [9.17, 15) is 9.59 Å². The summed E-state index contributed by atoms with van der Waals surface area (Å²) in [6.45, 7) is 5.90. The van der Waals surface area contributed by atoms with Gasteiger partial charge in [-0.25, -0.2) is 9.97 Å². The van der Waals surface area contributed by atoms with Gasteiger partial charge in [0.05, 0.1) is 5.92 Å². The summed E-state index contributed by atoms with van der Waals surface area (Å²) in [6.07, 6.45) is 1.50. The van der Waals surface area contributed by atoms with E-state index >= 15 is 0 Å². The van der Waals surface area contributed by atoms with Gasteiger partial charge < -0.3 is 15.1 Å². The van der Waals surface area contributed by atoms with Crippen LogP contribution in [-0.4, -0.2) is 28.3 Å². The molecule has 2 aromatic heterocycles. The third kappa shape index (κ3) is 4.49. The Balaban J connectivity index is 1.62. The third-order valence-electron chi connectivity index (χ3n) is 4.10. The van der Waals surface area contributed by atoms with Crippen LogP contribution in [0.25, 0.3) is 11.1 Å². The number of nitrogens with one attached hydrogen (secondary N) is 2. The fraction of sp³-hybridized carbons (Fsp3) is 0.300. The fourth-order valence-electron chi connectivity index (χ4n) is 2.45. The highest BCUT2D eigenvalue weighted by Gasteiger charge is 2.16. The van der Waals surface area contributed by atoms with Crippen LogP contribution in [0.4, 0.5) is 5.82 Å². The Morgan fingerprint density at radius 2 is 1.93 bits per heavy atom. The molecule has 1 atom stereocenters. The van der Waals surface area contributed by atoms with Crippen LogP contribution < -0.4 is 10.6 Å². The van der Waals surface area contributed by atoms with Crippen molar-refractivity contribution in [1.82, 2.24) is 15.3 Å². The zero-order valence-electron chi connectivity index (χ0n) is 15.5. The van der Waals surface area contributed by atoms with E-state index in [-0.39, 0.29) is 23.7 Å². The number of aromatic nitrogens is 2. The van der Waals surface area contributed by atoms with Crippen molar-refractivity contribution < 1.29 is 14.0 Å². The van der Waals surface area contributed by atoms with Gasteiger partial charge in [0.15, 0.2) is 11.5 Å². The number of fused-ring (bicyclic) bond motifs is 1. The molecule has 140 valence electrons. The summed E-state index contributed by atoms with van der Waals surface area (Å²) < 4.78 is 5.73. The van der Waals surface area contributed by atoms with Crippen LogP contribution >= 0.6 is 0 Å². The second-order valence-electron chi connectivity index (χ2n) is 6.70. The second-order valence-corrected chi connectivity index (χ2v) is 6.70. The van der Waals surface area contributed by atoms with Crippen LogP contribution in [0, 0.1) is 5.92 Å². The van der Waals surface area contributed by atoms with Crippen LogP contribution in [0.5, 0.6) is 0 Å². The number of nitrogens with zero attached hydrogens (tertiary/aromatic N) is 2. The molecule has 0 fully saturated rings. The summed E-state index contributed by atoms with van der Waals surface area (Å²) in [4.78, 5) is 32.7. The summed E-state index contributed by atoms with van der Waals surface area (Å²) in [5.41, 5.74) is 1.95. The Kier molecular flexibility index (Phi) is 5.49. The molecule has 0 radical (unpaired) electrons. The van der Waals surface area contributed by atoms with Crippen LogP contribution in [-0.2, 0) is 4.79 Å². The van der Waals surface area contributed by atoms with E-state index in [0.717, 1.165) is 11.1 Å². The monoisotopic (exact) mass is 366 g/mol. The Morgan fingerprint density at radius 1 is 1.15 bits per heavy atom. The Labute approximate surface area is 157 Å². The van der Waals surface area contributed by atoms with Crippen molar-refractivity contribution in [3.63, 3.8) is 0 Å². The van der Waals surface area contributed by atoms with E-state index in [0.29, 0.717) is 23.8 Å². The van der Waals surface area contributed by atoms with Gasteiger partial charge in [0.2, 0.25) is 5.91 Å². The van der Waals surface area contributed by atoms with Crippen molar-refractivity contribution in [1.29, 1.82) is 0 Å². The van der Waals surface area contributed by atoms with Crippen molar-refractivity contribution >= 4 is 28.7 Å². The predicted molar refractivity (Wildman–Crippen MR) is 102 cm³/mol. The Morgan fingerprint density at radius 3 is 2.67 bits per heavy atom. The highest BCUT2D eigenvalue weighted by atomic mass is 16.3. The number of carbonyl (C=O) groups excluding carboxylic acids is 2. The molecule has 0 saturated carbocycles. The van der Waals surface area contributed by atoms with Crippen LogP contribution in [0.15, 0.2) is 47.0 Å². The summed E-state index contributed by atoms with van der Waals surface area (Å²) >= 11 is 0. The molecule has 0 bridgehead atoms. The molecule has 2 N–H and O–H groups in total. The molecule has 7 nitrogen and oxygen atoms in total. The lowest BCUT2D eigenvalue weighted by Gasteiger charge is -2.11. The molecular formula is C20H22N4O3. The van der Waals surface area contributed by atoms with Gasteiger partial charge >= 0.3 is 0 Å². The minimum atomic E-state index is -0.250. The Bertz CT molecular complexity index is 932. The minimum Gasteiger partial charge on any atom is -0.440 e. The predicted octanol–water partition coefficient (Wildman–Crippen LogP) is 3.35. The number of oxazole rings is 1. The van der Waals surface area contributed by atoms with Gasteiger partial charge in [-0.1, -0.05) is 32.9 Å². The first kappa shape index (κ1) is 18.6. The number of para-hydroxylation sites is 2. The largest absolute Gasteiger partial charge is 0.440 e. The maximum absolute atomic E-state index is 12.4. The SMILES string of the molecule is CC(C)C(=O)Nc1cc(C(=O)NCC(C)c2nc3ccccc3o2)ccn1. The first-order chi connectivity index (χ1) is 12.9. The number of carbonyl (C=O) groups is 2. The average Bonchev–Trinajstić information content (AvgIpc) is 3.10. The first-order valence-electron chi connectivity index (χ1n) is 8.84. The molecule has 1 aromatic carbocycles. The van der Waals surface area contributed by atoms with Crippen LogP contribution in [0.2, 0.25) is 0 Å². The molecule has 0 aliphatic rings. The maximum atomic E-state index is 12.4. The molecule has 2 amide bonds. The number of hydrogen-bond donors (Lipinski definition) is 2. The van der Waals surface area contributed by atoms with Gasteiger partial charge in [-0.3, -0.25) is 9.59 Å². The van der Waals surface area contributed by atoms with Crippen molar-refractivity contribution in [3.8, 4) is 0 Å². The molecule has 3 aromatic rings. The van der Waals surface area contributed by atoms with Crippen LogP contribution in [0.3, 0.4) is 0 Å². The van der Waals surface area contributed by atoms with Gasteiger partial charge in [0.25, 0.3) is 5.91 Å². The highest BCUT2D eigenvalue weighted by Crippen LogP contribution is 2.20. The third-order valence-corrected chi connectivity index (χ3v) is 4.10. The number of hydrogen-bond acceptors (Lipinski definition) is 5. The quantitative estimate of drug-likeness (QED) is 0.697. The molecule has 1 unspecified atom stereocenters. The summed E-state index contributed by atoms with van der Waals surface area (Å²) in [5, 5.41) is 5.55. The lowest BCUT2D eigenvalue weighted by atomic mass is 10.1. The van der Waals surface area contributed by atoms with Crippen molar-refractivity contribution in [2.45, 2.75) is 26.7 Å². The van der Waals surface area contributed by atoms with Crippen molar-refractivity contribution in [2.75, 3.05) is 11.9 Å². The molecule has 27 heavy (non-hydrogen) atoms. The highest BCUT2D eigenvalue weighted by molar-refractivity contribution is 5.96. The maximum Gasteiger partial charge on any atom is 0.251 e. The number of benzene rings is 1. The smallest absolute Gasteiger partial charge is 0.251 e. The van der Waals surface area contributed by atoms with Gasteiger partial charge in [-0.15, -0.1) is 0 Å². The molecule has 0 saturated heterocycles. The number of rotatable bonds is 6. The number of amides is 2. The normalized spacial score (nSPS) is 12.1. The lowest BCUT2D eigenvalue weighted by molar-refractivity contribution is -0.118. The van der Waals surface area contributed by atoms with Gasteiger partial charge in [0.1, 0.15) is 11.3 Å². The molecule has 0 spiro atoms. The summed E-state index contributed by atoms with van der Waals surface area (Å²) in [5.74, 6) is 0.291.